The van der Waals surface area contributed by atoms with E-state index in [9.17, 15) is 18.0 Å². The first kappa shape index (κ1) is 31.8. The fourth-order valence-corrected chi connectivity index (χ4v) is 7.68. The van der Waals surface area contributed by atoms with Gasteiger partial charge in [0.2, 0.25) is 5.91 Å². The molecular formula is C36H39N3O5S2. The third kappa shape index (κ3) is 7.45. The smallest absolute Gasteiger partial charge is 0.277 e. The second-order valence-corrected chi connectivity index (χ2v) is 15.1. The highest BCUT2D eigenvalue weighted by atomic mass is 32.2. The molecule has 0 bridgehead atoms. The topological polar surface area (TPSA) is 96.0 Å². The monoisotopic (exact) mass is 657 g/mol. The Morgan fingerprint density at radius 3 is 2.41 bits per heavy atom. The van der Waals surface area contributed by atoms with Crippen molar-refractivity contribution in [3.8, 4) is 16.2 Å². The Morgan fingerprint density at radius 2 is 1.72 bits per heavy atom. The summed E-state index contributed by atoms with van der Waals surface area (Å²) in [5, 5.41) is 2.08. The van der Waals surface area contributed by atoms with Crippen LogP contribution in [0.1, 0.15) is 45.1 Å². The number of anilines is 1. The second kappa shape index (κ2) is 13.3. The molecule has 3 aromatic carbocycles. The predicted molar refractivity (Wildman–Crippen MR) is 181 cm³/mol. The number of amides is 2. The standard InChI is InChI=1S/C36H39N3O5S2/c1-36(2,35(41)37-46(42,43)32-12-4-3-5-13-32)44-31-11-6-10-30(23-31)38-21-7-9-28(25-38)34(40)39(29-19-20-29)24-26-15-17-27(18-16-26)33-14-8-22-45-33/h3-6,8,10-18,22-23,28-29H,7,9,19-21,24-25H2,1-2H3,(H,37,41). The maximum Gasteiger partial charge on any atom is 0.277 e. The zero-order chi connectivity index (χ0) is 32.3. The van der Waals surface area contributed by atoms with Crippen LogP contribution in [-0.4, -0.2) is 49.9 Å². The van der Waals surface area contributed by atoms with Crippen LogP contribution in [-0.2, 0) is 26.2 Å². The molecule has 2 heterocycles. The van der Waals surface area contributed by atoms with Gasteiger partial charge >= 0.3 is 0 Å². The molecule has 46 heavy (non-hydrogen) atoms. The Bertz CT molecular complexity index is 1770. The van der Waals surface area contributed by atoms with E-state index in [4.69, 9.17) is 4.74 Å². The Hall–Kier alpha value is -4.15. The number of benzene rings is 3. The number of carbonyl (C=O) groups excluding carboxylic acids is 2. The van der Waals surface area contributed by atoms with Crippen LogP contribution in [0.15, 0.2) is 101 Å². The molecule has 1 aromatic heterocycles. The molecule has 1 saturated heterocycles. The van der Waals surface area contributed by atoms with Crippen LogP contribution in [0.2, 0.25) is 0 Å². The summed E-state index contributed by atoms with van der Waals surface area (Å²) < 4.78 is 33.6. The van der Waals surface area contributed by atoms with Gasteiger partial charge in [0.1, 0.15) is 5.75 Å². The lowest BCUT2D eigenvalue weighted by Gasteiger charge is -2.36. The Balaban J connectivity index is 1.10. The van der Waals surface area contributed by atoms with Crippen LogP contribution in [0, 0.1) is 5.92 Å². The van der Waals surface area contributed by atoms with Crippen LogP contribution in [0.4, 0.5) is 5.69 Å². The summed E-state index contributed by atoms with van der Waals surface area (Å²) in [6.45, 7) is 5.09. The highest BCUT2D eigenvalue weighted by molar-refractivity contribution is 7.90. The molecule has 1 saturated carbocycles. The van der Waals surface area contributed by atoms with Gasteiger partial charge in [-0.05, 0) is 86.4 Å². The molecule has 1 aliphatic carbocycles. The van der Waals surface area contributed by atoms with Crippen molar-refractivity contribution in [2.75, 3.05) is 18.0 Å². The second-order valence-electron chi connectivity index (χ2n) is 12.5. The first-order valence-corrected chi connectivity index (χ1v) is 18.0. The van der Waals surface area contributed by atoms with Crippen molar-refractivity contribution in [2.24, 2.45) is 5.92 Å². The van der Waals surface area contributed by atoms with E-state index in [1.807, 2.05) is 18.2 Å². The summed E-state index contributed by atoms with van der Waals surface area (Å²) in [6, 6.07) is 28.2. The molecule has 1 unspecified atom stereocenters. The number of nitrogens with one attached hydrogen (secondary N) is 1. The molecule has 1 N–H and O–H groups in total. The molecule has 0 radical (unpaired) electrons. The molecule has 1 aliphatic heterocycles. The van der Waals surface area contributed by atoms with Gasteiger partial charge in [0.25, 0.3) is 15.9 Å². The third-order valence-electron chi connectivity index (χ3n) is 8.54. The van der Waals surface area contributed by atoms with E-state index in [1.54, 1.807) is 35.6 Å². The quantitative estimate of drug-likeness (QED) is 0.198. The summed E-state index contributed by atoms with van der Waals surface area (Å²) in [6.07, 6.45) is 3.83. The average molecular weight is 658 g/mol. The largest absolute Gasteiger partial charge is 0.478 e. The third-order valence-corrected chi connectivity index (χ3v) is 10.8. The van der Waals surface area contributed by atoms with Crippen LogP contribution in [0.5, 0.6) is 5.75 Å². The Labute approximate surface area is 275 Å². The Morgan fingerprint density at radius 1 is 0.957 bits per heavy atom. The van der Waals surface area contributed by atoms with Crippen LogP contribution < -0.4 is 14.4 Å². The first-order valence-electron chi connectivity index (χ1n) is 15.7. The summed E-state index contributed by atoms with van der Waals surface area (Å²) in [5.74, 6) is -0.241. The van der Waals surface area contributed by atoms with Crippen molar-refractivity contribution < 1.29 is 22.7 Å². The van der Waals surface area contributed by atoms with E-state index in [1.165, 1.54) is 36.4 Å². The minimum absolute atomic E-state index is 0.00246. The van der Waals surface area contributed by atoms with Crippen molar-refractivity contribution in [1.29, 1.82) is 0 Å². The molecule has 0 spiro atoms. The summed E-state index contributed by atoms with van der Waals surface area (Å²) in [4.78, 5) is 32.5. The lowest BCUT2D eigenvalue weighted by molar-refractivity contribution is -0.137. The van der Waals surface area contributed by atoms with E-state index in [0.717, 1.165) is 43.5 Å². The van der Waals surface area contributed by atoms with Gasteiger partial charge in [-0.1, -0.05) is 54.6 Å². The summed E-state index contributed by atoms with van der Waals surface area (Å²) in [5.41, 5.74) is 1.76. The van der Waals surface area contributed by atoms with Gasteiger partial charge in [-0.15, -0.1) is 11.3 Å². The van der Waals surface area contributed by atoms with Gasteiger partial charge in [0.05, 0.1) is 10.8 Å². The lowest BCUT2D eigenvalue weighted by Crippen LogP contribution is -2.48. The van der Waals surface area contributed by atoms with Crippen LogP contribution >= 0.6 is 11.3 Å². The fourth-order valence-electron chi connectivity index (χ4n) is 5.82. The van der Waals surface area contributed by atoms with Crippen molar-refractivity contribution in [1.82, 2.24) is 9.62 Å². The number of thiophene rings is 1. The first-order chi connectivity index (χ1) is 22.1. The van der Waals surface area contributed by atoms with Crippen molar-refractivity contribution in [2.45, 2.75) is 62.6 Å². The van der Waals surface area contributed by atoms with E-state index >= 15 is 0 Å². The highest BCUT2D eigenvalue weighted by Gasteiger charge is 2.38. The maximum absolute atomic E-state index is 13.9. The fraction of sp³-hybridized carbons (Fsp3) is 0.333. The summed E-state index contributed by atoms with van der Waals surface area (Å²) >= 11 is 1.72. The minimum Gasteiger partial charge on any atom is -0.478 e. The normalized spacial score (nSPS) is 16.9. The zero-order valence-electron chi connectivity index (χ0n) is 26.1. The van der Waals surface area contributed by atoms with Crippen molar-refractivity contribution in [3.63, 3.8) is 0 Å². The van der Waals surface area contributed by atoms with Gasteiger partial charge in [-0.25, -0.2) is 13.1 Å². The minimum atomic E-state index is -4.04. The van der Waals surface area contributed by atoms with E-state index in [-0.39, 0.29) is 16.7 Å². The van der Waals surface area contributed by atoms with E-state index in [2.05, 4.69) is 56.3 Å². The van der Waals surface area contributed by atoms with Gasteiger partial charge in [0, 0.05) is 42.3 Å². The number of nitrogens with zero attached hydrogens (tertiary/aromatic N) is 2. The number of hydrogen-bond acceptors (Lipinski definition) is 7. The maximum atomic E-state index is 13.9. The highest BCUT2D eigenvalue weighted by Crippen LogP contribution is 2.34. The van der Waals surface area contributed by atoms with E-state index in [0.29, 0.717) is 24.9 Å². The predicted octanol–water partition coefficient (Wildman–Crippen LogP) is 6.49. The number of piperidine rings is 1. The van der Waals surface area contributed by atoms with Gasteiger partial charge in [0.15, 0.2) is 5.60 Å². The number of rotatable bonds is 11. The Kier molecular flexibility index (Phi) is 9.20. The molecule has 2 fully saturated rings. The van der Waals surface area contributed by atoms with Crippen LogP contribution in [0.3, 0.4) is 0 Å². The van der Waals surface area contributed by atoms with Crippen molar-refractivity contribution in [3.05, 3.63) is 102 Å². The molecule has 10 heteroatoms. The van der Waals surface area contributed by atoms with Gasteiger partial charge < -0.3 is 14.5 Å². The molecule has 4 aromatic rings. The van der Waals surface area contributed by atoms with Crippen molar-refractivity contribution >= 4 is 38.9 Å². The average Bonchev–Trinajstić information content (AvgIpc) is 3.76. The molecule has 2 amide bonds. The summed E-state index contributed by atoms with van der Waals surface area (Å²) in [7, 11) is -4.04. The lowest BCUT2D eigenvalue weighted by atomic mass is 9.95. The number of carbonyl (C=O) groups is 2. The molecular weight excluding hydrogens is 619 g/mol. The molecule has 1 atom stereocenters. The molecule has 6 rings (SSSR count). The zero-order valence-corrected chi connectivity index (χ0v) is 27.7. The van der Waals surface area contributed by atoms with E-state index < -0.39 is 21.5 Å². The SMILES string of the molecule is CC(C)(Oc1cccc(N2CCCC(C(=O)N(Cc3ccc(-c4cccs4)cc3)C3CC3)C2)c1)C(=O)NS(=O)(=O)c1ccccc1. The number of ether oxygens (including phenoxy) is 1. The molecule has 8 nitrogen and oxygen atoms in total. The number of sulfonamides is 1. The molecule has 2 aliphatic rings. The number of hydrogen-bond donors (Lipinski definition) is 1. The van der Waals surface area contributed by atoms with Crippen LogP contribution in [0.25, 0.3) is 10.4 Å². The van der Waals surface area contributed by atoms with Gasteiger partial charge in [-0.2, -0.15) is 0 Å². The van der Waals surface area contributed by atoms with Gasteiger partial charge in [-0.3, -0.25) is 9.59 Å². The molecule has 240 valence electrons.